The van der Waals surface area contributed by atoms with Gasteiger partial charge in [-0.3, -0.25) is 4.79 Å². The van der Waals surface area contributed by atoms with Gasteiger partial charge in [-0.2, -0.15) is 0 Å². The number of piperidine rings is 1. The molecule has 1 amide bonds. The first-order valence-electron chi connectivity index (χ1n) is 9.48. The molecule has 3 rings (SSSR count). The Bertz CT molecular complexity index is 702. The number of likely N-dealkylation sites (tertiary alicyclic amines) is 1. The van der Waals surface area contributed by atoms with E-state index in [2.05, 4.69) is 48.7 Å². The minimum atomic E-state index is 0.152. The lowest BCUT2D eigenvalue weighted by molar-refractivity contribution is 0.0678. The molecule has 1 saturated heterocycles. The highest BCUT2D eigenvalue weighted by molar-refractivity contribution is 5.94. The number of carbonyl (C=O) groups is 1. The zero-order chi connectivity index (χ0) is 17.8. The van der Waals surface area contributed by atoms with E-state index in [-0.39, 0.29) is 5.91 Å². The SMILES string of the molecule is CCc1nccn1C1CCCN(C(=O)c2ccc(CC(C)C)cc2)C1. The summed E-state index contributed by atoms with van der Waals surface area (Å²) >= 11 is 0. The Morgan fingerprint density at radius 1 is 1.28 bits per heavy atom. The molecule has 25 heavy (non-hydrogen) atoms. The zero-order valence-electron chi connectivity index (χ0n) is 15.6. The summed E-state index contributed by atoms with van der Waals surface area (Å²) in [6.45, 7) is 8.18. The lowest BCUT2D eigenvalue weighted by atomic mass is 10.0. The average molecular weight is 339 g/mol. The summed E-state index contributed by atoms with van der Waals surface area (Å²) < 4.78 is 2.26. The topological polar surface area (TPSA) is 38.1 Å². The predicted molar refractivity (Wildman–Crippen MR) is 101 cm³/mol. The summed E-state index contributed by atoms with van der Waals surface area (Å²) in [5.74, 6) is 1.89. The molecule has 0 bridgehead atoms. The van der Waals surface area contributed by atoms with E-state index in [0.29, 0.717) is 12.0 Å². The van der Waals surface area contributed by atoms with Crippen molar-refractivity contribution in [2.75, 3.05) is 13.1 Å². The molecule has 2 heterocycles. The number of aromatic nitrogens is 2. The molecule has 1 aliphatic heterocycles. The molecule has 0 aliphatic carbocycles. The van der Waals surface area contributed by atoms with E-state index in [0.717, 1.165) is 50.2 Å². The minimum Gasteiger partial charge on any atom is -0.337 e. The number of amides is 1. The summed E-state index contributed by atoms with van der Waals surface area (Å²) in [5, 5.41) is 0. The maximum atomic E-state index is 12.9. The van der Waals surface area contributed by atoms with E-state index in [1.54, 1.807) is 0 Å². The van der Waals surface area contributed by atoms with Crippen LogP contribution in [0, 0.1) is 5.92 Å². The van der Waals surface area contributed by atoms with Crippen LogP contribution in [0.4, 0.5) is 0 Å². The number of hydrogen-bond donors (Lipinski definition) is 0. The summed E-state index contributed by atoms with van der Waals surface area (Å²) in [4.78, 5) is 19.3. The standard InChI is InChI=1S/C21H29N3O/c1-4-20-22-11-13-24(20)19-6-5-12-23(15-19)21(25)18-9-7-17(8-10-18)14-16(2)3/h7-11,13,16,19H,4-6,12,14-15H2,1-3H3. The van der Waals surface area contributed by atoms with Gasteiger partial charge in [-0.1, -0.05) is 32.9 Å². The molecule has 0 saturated carbocycles. The average Bonchev–Trinajstić information content (AvgIpc) is 3.10. The highest BCUT2D eigenvalue weighted by Gasteiger charge is 2.26. The van der Waals surface area contributed by atoms with Crippen molar-refractivity contribution in [3.63, 3.8) is 0 Å². The first kappa shape index (κ1) is 17.7. The molecule has 1 unspecified atom stereocenters. The highest BCUT2D eigenvalue weighted by atomic mass is 16.2. The number of nitrogens with zero attached hydrogens (tertiary/aromatic N) is 3. The first-order chi connectivity index (χ1) is 12.1. The van der Waals surface area contributed by atoms with Crippen molar-refractivity contribution in [2.45, 2.75) is 52.5 Å². The number of carbonyl (C=O) groups excluding carboxylic acids is 1. The van der Waals surface area contributed by atoms with Gasteiger partial charge in [0.2, 0.25) is 0 Å². The quantitative estimate of drug-likeness (QED) is 0.822. The molecule has 1 aromatic carbocycles. The maximum absolute atomic E-state index is 12.9. The van der Waals surface area contributed by atoms with Gasteiger partial charge in [-0.25, -0.2) is 4.98 Å². The second-order valence-corrected chi connectivity index (χ2v) is 7.45. The second kappa shape index (κ2) is 7.85. The summed E-state index contributed by atoms with van der Waals surface area (Å²) in [6, 6.07) is 8.51. The molecule has 1 atom stereocenters. The van der Waals surface area contributed by atoms with Gasteiger partial charge in [-0.15, -0.1) is 0 Å². The molecule has 0 N–H and O–H groups in total. The van der Waals surface area contributed by atoms with Gasteiger partial charge < -0.3 is 9.47 Å². The summed E-state index contributed by atoms with van der Waals surface area (Å²) in [7, 11) is 0. The van der Waals surface area contributed by atoms with Gasteiger partial charge in [0.1, 0.15) is 5.82 Å². The Balaban J connectivity index is 1.69. The second-order valence-electron chi connectivity index (χ2n) is 7.45. The van der Waals surface area contributed by atoms with Crippen molar-refractivity contribution in [3.8, 4) is 0 Å². The van der Waals surface area contributed by atoms with E-state index in [9.17, 15) is 4.79 Å². The summed E-state index contributed by atoms with van der Waals surface area (Å²) in [5.41, 5.74) is 2.10. The number of hydrogen-bond acceptors (Lipinski definition) is 2. The number of rotatable bonds is 5. The molecule has 0 spiro atoms. The Labute approximate surface area is 150 Å². The van der Waals surface area contributed by atoms with E-state index >= 15 is 0 Å². The van der Waals surface area contributed by atoms with Crippen molar-refractivity contribution >= 4 is 5.91 Å². The van der Waals surface area contributed by atoms with E-state index in [1.807, 2.05) is 23.2 Å². The zero-order valence-corrected chi connectivity index (χ0v) is 15.6. The van der Waals surface area contributed by atoms with Crippen LogP contribution in [0.25, 0.3) is 0 Å². The Morgan fingerprint density at radius 3 is 2.72 bits per heavy atom. The Kier molecular flexibility index (Phi) is 5.57. The van der Waals surface area contributed by atoms with Gasteiger partial charge in [-0.05, 0) is 42.9 Å². The maximum Gasteiger partial charge on any atom is 0.253 e. The van der Waals surface area contributed by atoms with Gasteiger partial charge in [0, 0.05) is 37.5 Å². The van der Waals surface area contributed by atoms with Gasteiger partial charge in [0.25, 0.3) is 5.91 Å². The van der Waals surface area contributed by atoms with Crippen molar-refractivity contribution in [3.05, 3.63) is 53.6 Å². The van der Waals surface area contributed by atoms with Crippen LogP contribution in [0.3, 0.4) is 0 Å². The van der Waals surface area contributed by atoms with Crippen molar-refractivity contribution in [1.82, 2.24) is 14.5 Å². The predicted octanol–water partition coefficient (Wildman–Crippen LogP) is 4.12. The Morgan fingerprint density at radius 2 is 2.04 bits per heavy atom. The number of imidazole rings is 1. The van der Waals surface area contributed by atoms with Crippen LogP contribution in [0.1, 0.15) is 61.4 Å². The molecule has 0 radical (unpaired) electrons. The van der Waals surface area contributed by atoms with Crippen LogP contribution in [-0.2, 0) is 12.8 Å². The van der Waals surface area contributed by atoms with Crippen LogP contribution in [0.2, 0.25) is 0 Å². The number of benzene rings is 1. The summed E-state index contributed by atoms with van der Waals surface area (Å²) in [6.07, 6.45) is 8.06. The van der Waals surface area contributed by atoms with Crippen molar-refractivity contribution in [2.24, 2.45) is 5.92 Å². The number of aryl methyl sites for hydroxylation is 1. The molecule has 4 nitrogen and oxygen atoms in total. The normalized spacial score (nSPS) is 17.9. The first-order valence-corrected chi connectivity index (χ1v) is 9.48. The fourth-order valence-electron chi connectivity index (χ4n) is 3.75. The monoisotopic (exact) mass is 339 g/mol. The molecule has 2 aromatic rings. The van der Waals surface area contributed by atoms with Gasteiger partial charge in [0.15, 0.2) is 0 Å². The van der Waals surface area contributed by atoms with E-state index in [1.165, 1.54) is 5.56 Å². The van der Waals surface area contributed by atoms with Crippen LogP contribution in [0.15, 0.2) is 36.7 Å². The van der Waals surface area contributed by atoms with Crippen LogP contribution < -0.4 is 0 Å². The molecule has 1 aromatic heterocycles. The largest absolute Gasteiger partial charge is 0.337 e. The van der Waals surface area contributed by atoms with E-state index in [4.69, 9.17) is 0 Å². The molecule has 4 heteroatoms. The van der Waals surface area contributed by atoms with Crippen molar-refractivity contribution in [1.29, 1.82) is 0 Å². The van der Waals surface area contributed by atoms with Crippen LogP contribution in [0.5, 0.6) is 0 Å². The molecule has 134 valence electrons. The minimum absolute atomic E-state index is 0.152. The lowest BCUT2D eigenvalue weighted by Gasteiger charge is -2.34. The van der Waals surface area contributed by atoms with E-state index < -0.39 is 0 Å². The molecular formula is C21H29N3O. The third kappa shape index (κ3) is 4.12. The fourth-order valence-corrected chi connectivity index (χ4v) is 3.75. The molecule has 1 fully saturated rings. The van der Waals surface area contributed by atoms with Crippen LogP contribution in [-0.4, -0.2) is 33.4 Å². The van der Waals surface area contributed by atoms with Gasteiger partial charge >= 0.3 is 0 Å². The third-order valence-corrected chi connectivity index (χ3v) is 4.99. The van der Waals surface area contributed by atoms with Gasteiger partial charge in [0.05, 0.1) is 6.04 Å². The van der Waals surface area contributed by atoms with Crippen LogP contribution >= 0.6 is 0 Å². The molecular weight excluding hydrogens is 310 g/mol. The molecule has 1 aliphatic rings. The smallest absolute Gasteiger partial charge is 0.253 e. The highest BCUT2D eigenvalue weighted by Crippen LogP contribution is 2.24. The third-order valence-electron chi connectivity index (χ3n) is 4.99. The lowest BCUT2D eigenvalue weighted by Crippen LogP contribution is -2.40. The van der Waals surface area contributed by atoms with Crippen molar-refractivity contribution < 1.29 is 4.79 Å². The Hall–Kier alpha value is -2.10. The fraction of sp³-hybridized carbons (Fsp3) is 0.524.